The van der Waals surface area contributed by atoms with E-state index in [1.807, 2.05) is 19.9 Å². The first-order valence-corrected chi connectivity index (χ1v) is 6.74. The number of fused-ring (bicyclic) bond motifs is 1. The van der Waals surface area contributed by atoms with Crippen molar-refractivity contribution in [3.63, 3.8) is 0 Å². The lowest BCUT2D eigenvalue weighted by molar-refractivity contribution is 0.0887. The first-order chi connectivity index (χ1) is 9.53. The third-order valence-electron chi connectivity index (χ3n) is 3.93. The van der Waals surface area contributed by atoms with E-state index in [0.717, 1.165) is 18.5 Å². The van der Waals surface area contributed by atoms with Gasteiger partial charge in [0.25, 0.3) is 11.7 Å². The molecule has 1 aliphatic carbocycles. The number of aryl methyl sites for hydroxylation is 1. The summed E-state index contributed by atoms with van der Waals surface area (Å²) in [7, 11) is 0. The molecule has 0 spiro atoms. The number of nitrogens with zero attached hydrogens (tertiary/aromatic N) is 4. The smallest absolute Gasteiger partial charge is 0.291 e. The lowest BCUT2D eigenvalue weighted by Crippen LogP contribution is -2.53. The van der Waals surface area contributed by atoms with Crippen LogP contribution in [-0.2, 0) is 0 Å². The summed E-state index contributed by atoms with van der Waals surface area (Å²) in [4.78, 5) is 20.6. The minimum absolute atomic E-state index is 0.132. The number of rotatable bonds is 4. The summed E-state index contributed by atoms with van der Waals surface area (Å²) >= 11 is 0. The van der Waals surface area contributed by atoms with Gasteiger partial charge in [0.05, 0.1) is 5.54 Å². The Morgan fingerprint density at radius 3 is 2.95 bits per heavy atom. The van der Waals surface area contributed by atoms with Crippen LogP contribution >= 0.6 is 0 Å². The number of carbonyl (C=O) groups excluding carboxylic acids is 1. The Morgan fingerprint density at radius 2 is 2.35 bits per heavy atom. The Morgan fingerprint density at radius 1 is 1.60 bits per heavy atom. The van der Waals surface area contributed by atoms with Gasteiger partial charge < -0.3 is 11.1 Å². The van der Waals surface area contributed by atoms with Crippen molar-refractivity contribution in [3.8, 4) is 0 Å². The van der Waals surface area contributed by atoms with E-state index < -0.39 is 0 Å². The summed E-state index contributed by atoms with van der Waals surface area (Å²) in [5.41, 5.74) is 6.30. The van der Waals surface area contributed by atoms with Gasteiger partial charge in [-0.25, -0.2) is 9.50 Å². The van der Waals surface area contributed by atoms with Crippen LogP contribution in [0.1, 0.15) is 36.1 Å². The van der Waals surface area contributed by atoms with Crippen molar-refractivity contribution in [1.29, 1.82) is 0 Å². The molecular formula is C13H18N6O. The lowest BCUT2D eigenvalue weighted by atomic mass is 9.96. The zero-order valence-corrected chi connectivity index (χ0v) is 11.6. The second-order valence-corrected chi connectivity index (χ2v) is 5.58. The van der Waals surface area contributed by atoms with Crippen LogP contribution in [0.2, 0.25) is 0 Å². The van der Waals surface area contributed by atoms with Gasteiger partial charge in [-0.15, -0.1) is 5.10 Å². The fourth-order valence-corrected chi connectivity index (χ4v) is 2.36. The van der Waals surface area contributed by atoms with Crippen LogP contribution in [0.15, 0.2) is 12.3 Å². The molecule has 1 saturated carbocycles. The molecule has 2 aromatic rings. The molecule has 20 heavy (non-hydrogen) atoms. The average molecular weight is 274 g/mol. The molecule has 1 fully saturated rings. The molecule has 2 aromatic heterocycles. The molecule has 1 atom stereocenters. The van der Waals surface area contributed by atoms with Crippen LogP contribution in [0.3, 0.4) is 0 Å². The van der Waals surface area contributed by atoms with E-state index in [1.54, 1.807) is 10.7 Å². The van der Waals surface area contributed by atoms with Crippen LogP contribution < -0.4 is 11.1 Å². The van der Waals surface area contributed by atoms with Crippen molar-refractivity contribution in [2.75, 3.05) is 6.54 Å². The van der Waals surface area contributed by atoms with E-state index in [4.69, 9.17) is 5.73 Å². The second kappa shape index (κ2) is 4.52. The highest BCUT2D eigenvalue weighted by atomic mass is 16.2. The van der Waals surface area contributed by atoms with Gasteiger partial charge in [0.2, 0.25) is 5.82 Å². The van der Waals surface area contributed by atoms with Crippen molar-refractivity contribution < 1.29 is 4.79 Å². The van der Waals surface area contributed by atoms with Gasteiger partial charge in [-0.3, -0.25) is 4.79 Å². The summed E-state index contributed by atoms with van der Waals surface area (Å²) in [6.45, 7) is 4.27. The summed E-state index contributed by atoms with van der Waals surface area (Å²) < 4.78 is 1.56. The van der Waals surface area contributed by atoms with Gasteiger partial charge in [0.15, 0.2) is 0 Å². The van der Waals surface area contributed by atoms with Gasteiger partial charge in [-0.05, 0) is 38.7 Å². The van der Waals surface area contributed by atoms with Gasteiger partial charge in [-0.2, -0.15) is 4.98 Å². The minimum atomic E-state index is -0.378. The summed E-state index contributed by atoms with van der Waals surface area (Å²) in [6.07, 6.45) is 3.86. The standard InChI is InChI=1S/C13H18N6O/c1-8-5-6-15-12-16-10(18-19(8)12)11(20)17-13(2,7-14)9-3-4-9/h5-6,9H,3-4,7,14H2,1-2H3,(H,17,20). The molecule has 106 valence electrons. The number of carbonyl (C=O) groups is 1. The fourth-order valence-electron chi connectivity index (χ4n) is 2.36. The Kier molecular flexibility index (Phi) is 2.93. The van der Waals surface area contributed by atoms with E-state index in [0.29, 0.717) is 18.2 Å². The molecule has 0 aromatic carbocycles. The molecule has 3 rings (SSSR count). The van der Waals surface area contributed by atoms with Gasteiger partial charge >= 0.3 is 0 Å². The molecule has 1 unspecified atom stereocenters. The van der Waals surface area contributed by atoms with E-state index in [2.05, 4.69) is 20.4 Å². The van der Waals surface area contributed by atoms with Crippen molar-refractivity contribution >= 4 is 11.7 Å². The number of hydrogen-bond acceptors (Lipinski definition) is 5. The molecule has 0 aliphatic heterocycles. The zero-order chi connectivity index (χ0) is 14.3. The highest BCUT2D eigenvalue weighted by molar-refractivity contribution is 5.91. The van der Waals surface area contributed by atoms with Crippen LogP contribution in [0, 0.1) is 12.8 Å². The summed E-state index contributed by atoms with van der Waals surface area (Å²) in [5, 5.41) is 7.17. The quantitative estimate of drug-likeness (QED) is 0.835. The SMILES string of the molecule is Cc1ccnc2nc(C(=O)NC(C)(CN)C3CC3)nn12. The van der Waals surface area contributed by atoms with Gasteiger partial charge in [-0.1, -0.05) is 0 Å². The Balaban J connectivity index is 1.87. The normalized spacial score (nSPS) is 17.9. The van der Waals surface area contributed by atoms with E-state index in [1.165, 1.54) is 0 Å². The molecular weight excluding hydrogens is 256 g/mol. The molecule has 0 radical (unpaired) electrons. The van der Waals surface area contributed by atoms with Crippen molar-refractivity contribution in [2.24, 2.45) is 11.7 Å². The predicted octanol–water partition coefficient (Wildman–Crippen LogP) is 0.290. The highest BCUT2D eigenvalue weighted by Gasteiger charge is 2.42. The first-order valence-electron chi connectivity index (χ1n) is 6.74. The number of amides is 1. The molecule has 2 heterocycles. The lowest BCUT2D eigenvalue weighted by Gasteiger charge is -2.28. The molecule has 1 amide bonds. The largest absolute Gasteiger partial charge is 0.343 e. The average Bonchev–Trinajstić information content (AvgIpc) is 3.19. The summed E-state index contributed by atoms with van der Waals surface area (Å²) in [5.74, 6) is 0.714. The van der Waals surface area contributed by atoms with Crippen LogP contribution in [0.5, 0.6) is 0 Å². The second-order valence-electron chi connectivity index (χ2n) is 5.58. The number of nitrogens with one attached hydrogen (secondary N) is 1. The molecule has 0 saturated heterocycles. The maximum atomic E-state index is 12.3. The third kappa shape index (κ3) is 2.14. The Bertz CT molecular complexity index is 662. The maximum absolute atomic E-state index is 12.3. The van der Waals surface area contributed by atoms with E-state index >= 15 is 0 Å². The van der Waals surface area contributed by atoms with Crippen molar-refractivity contribution in [3.05, 3.63) is 23.8 Å². The van der Waals surface area contributed by atoms with Crippen molar-refractivity contribution in [2.45, 2.75) is 32.2 Å². The fraction of sp³-hybridized carbons (Fsp3) is 0.538. The highest BCUT2D eigenvalue weighted by Crippen LogP contribution is 2.39. The van der Waals surface area contributed by atoms with Crippen molar-refractivity contribution in [1.82, 2.24) is 24.9 Å². The zero-order valence-electron chi connectivity index (χ0n) is 11.6. The number of nitrogens with two attached hydrogens (primary N) is 1. The van der Waals surface area contributed by atoms with Gasteiger partial charge in [0, 0.05) is 18.4 Å². The number of hydrogen-bond donors (Lipinski definition) is 2. The molecule has 3 N–H and O–H groups in total. The molecule has 0 bridgehead atoms. The minimum Gasteiger partial charge on any atom is -0.343 e. The van der Waals surface area contributed by atoms with Crippen LogP contribution in [0.25, 0.3) is 5.78 Å². The molecule has 7 heteroatoms. The predicted molar refractivity (Wildman–Crippen MR) is 73.2 cm³/mol. The third-order valence-corrected chi connectivity index (χ3v) is 3.93. The van der Waals surface area contributed by atoms with Gasteiger partial charge in [0.1, 0.15) is 0 Å². The topological polar surface area (TPSA) is 98.2 Å². The molecule has 1 aliphatic rings. The Labute approximate surface area is 116 Å². The molecule has 7 nitrogen and oxygen atoms in total. The monoisotopic (exact) mass is 274 g/mol. The number of aromatic nitrogens is 4. The van der Waals surface area contributed by atoms with Crippen LogP contribution in [0.4, 0.5) is 0 Å². The van der Waals surface area contributed by atoms with E-state index in [9.17, 15) is 4.79 Å². The van der Waals surface area contributed by atoms with E-state index in [-0.39, 0.29) is 17.3 Å². The first kappa shape index (κ1) is 13.0. The summed E-state index contributed by atoms with van der Waals surface area (Å²) in [6, 6.07) is 1.82. The maximum Gasteiger partial charge on any atom is 0.291 e. The Hall–Kier alpha value is -2.02. The van der Waals surface area contributed by atoms with Crippen LogP contribution in [-0.4, -0.2) is 37.6 Å².